The number of hydrogen-bond acceptors (Lipinski definition) is 6. The van der Waals surface area contributed by atoms with E-state index in [0.29, 0.717) is 37.0 Å². The number of thioether (sulfide) groups is 1. The Bertz CT molecular complexity index is 699. The van der Waals surface area contributed by atoms with Crippen LogP contribution in [0.2, 0.25) is 0 Å². The zero-order valence-corrected chi connectivity index (χ0v) is 14.6. The Balaban J connectivity index is 1.70. The van der Waals surface area contributed by atoms with Crippen molar-refractivity contribution in [2.75, 3.05) is 32.7 Å². The molecular formula is C16H20N4O3S. The number of hydrogen-bond donors (Lipinski definition) is 0. The Morgan fingerprint density at radius 1 is 1.33 bits per heavy atom. The van der Waals surface area contributed by atoms with Gasteiger partial charge in [0, 0.05) is 37.0 Å². The molecule has 1 saturated heterocycles. The Hall–Kier alpha value is -2.09. The molecule has 2 heterocycles. The van der Waals surface area contributed by atoms with E-state index in [-0.39, 0.29) is 17.2 Å². The van der Waals surface area contributed by atoms with Crippen LogP contribution in [0.5, 0.6) is 0 Å². The van der Waals surface area contributed by atoms with Crippen LogP contribution < -0.4 is 0 Å². The molecule has 128 valence electrons. The first-order chi connectivity index (χ1) is 11.5. The molecule has 0 aliphatic carbocycles. The number of carbonyl (C=O) groups is 1. The number of para-hydroxylation sites is 1. The molecule has 0 spiro atoms. The van der Waals surface area contributed by atoms with Crippen molar-refractivity contribution in [3.05, 3.63) is 39.4 Å². The second-order valence-corrected chi connectivity index (χ2v) is 7.46. The van der Waals surface area contributed by atoms with Crippen molar-refractivity contribution >= 4 is 28.5 Å². The number of benzene rings is 1. The Morgan fingerprint density at radius 3 is 2.62 bits per heavy atom. The van der Waals surface area contributed by atoms with Crippen LogP contribution in [0.3, 0.4) is 0 Å². The quantitative estimate of drug-likeness (QED) is 0.604. The second kappa shape index (κ2) is 6.80. The minimum Gasteiger partial charge on any atom is -0.348 e. The smallest absolute Gasteiger partial charge is 0.285 e. The van der Waals surface area contributed by atoms with E-state index in [0.717, 1.165) is 11.7 Å². The van der Waals surface area contributed by atoms with Gasteiger partial charge in [-0.15, -0.1) is 0 Å². The van der Waals surface area contributed by atoms with E-state index in [1.54, 1.807) is 41.8 Å². The lowest BCUT2D eigenvalue weighted by atomic mass is 10.1. The number of amides is 1. The van der Waals surface area contributed by atoms with E-state index in [9.17, 15) is 14.9 Å². The van der Waals surface area contributed by atoms with Crippen molar-refractivity contribution in [2.45, 2.75) is 19.1 Å². The van der Waals surface area contributed by atoms with E-state index in [2.05, 4.69) is 16.8 Å². The molecule has 1 aromatic carbocycles. The van der Waals surface area contributed by atoms with Gasteiger partial charge in [0.05, 0.1) is 11.5 Å². The monoisotopic (exact) mass is 348 g/mol. The van der Waals surface area contributed by atoms with Crippen LogP contribution in [0.1, 0.15) is 22.8 Å². The summed E-state index contributed by atoms with van der Waals surface area (Å²) in [5.41, 5.74) is 0.597. The molecule has 1 amide bonds. The van der Waals surface area contributed by atoms with Crippen LogP contribution in [0.4, 0.5) is 5.69 Å². The van der Waals surface area contributed by atoms with Crippen molar-refractivity contribution in [3.63, 3.8) is 0 Å². The SMILES string of the molecule is Cc1cccc(C(=O)N2CCN(C3=NC[C@@H](C)S3)CC2)c1[N+](=O)[O-]. The van der Waals surface area contributed by atoms with Gasteiger partial charge in [0.15, 0.2) is 5.17 Å². The van der Waals surface area contributed by atoms with Crippen LogP contribution in [0.15, 0.2) is 23.2 Å². The van der Waals surface area contributed by atoms with Crippen LogP contribution in [0.25, 0.3) is 0 Å². The van der Waals surface area contributed by atoms with Crippen LogP contribution >= 0.6 is 11.8 Å². The minimum atomic E-state index is -0.468. The van der Waals surface area contributed by atoms with Crippen molar-refractivity contribution in [1.29, 1.82) is 0 Å². The fraction of sp³-hybridized carbons (Fsp3) is 0.500. The number of nitro benzene ring substituents is 1. The summed E-state index contributed by atoms with van der Waals surface area (Å²) in [7, 11) is 0. The molecule has 1 aromatic rings. The van der Waals surface area contributed by atoms with E-state index < -0.39 is 4.92 Å². The summed E-state index contributed by atoms with van der Waals surface area (Å²) >= 11 is 1.77. The van der Waals surface area contributed by atoms with E-state index >= 15 is 0 Å². The van der Waals surface area contributed by atoms with E-state index in [4.69, 9.17) is 0 Å². The fourth-order valence-electron chi connectivity index (χ4n) is 2.98. The van der Waals surface area contributed by atoms with Gasteiger partial charge in [-0.2, -0.15) is 0 Å². The molecular weight excluding hydrogens is 328 g/mol. The Labute approximate surface area is 144 Å². The maximum absolute atomic E-state index is 12.7. The third-order valence-electron chi connectivity index (χ3n) is 4.28. The minimum absolute atomic E-state index is 0.0884. The summed E-state index contributed by atoms with van der Waals surface area (Å²) in [5, 5.41) is 12.9. The maximum atomic E-state index is 12.7. The molecule has 3 rings (SSSR count). The molecule has 8 heteroatoms. The average molecular weight is 348 g/mol. The third kappa shape index (κ3) is 3.24. The molecule has 7 nitrogen and oxygen atoms in total. The lowest BCUT2D eigenvalue weighted by Crippen LogP contribution is -2.50. The summed E-state index contributed by atoms with van der Waals surface area (Å²) in [6, 6.07) is 4.89. The standard InChI is InChI=1S/C16H20N4O3S/c1-11-4-3-5-13(14(11)20(22)23)15(21)18-6-8-19(9-7-18)16-17-10-12(2)24-16/h3-5,12H,6-10H2,1-2H3/t12-/m1/s1. The zero-order chi connectivity index (χ0) is 17.3. The lowest BCUT2D eigenvalue weighted by molar-refractivity contribution is -0.385. The molecule has 0 bridgehead atoms. The van der Waals surface area contributed by atoms with Gasteiger partial charge in [-0.25, -0.2) is 0 Å². The van der Waals surface area contributed by atoms with Gasteiger partial charge in [-0.1, -0.05) is 30.8 Å². The largest absolute Gasteiger partial charge is 0.348 e. The van der Waals surface area contributed by atoms with E-state index in [1.807, 2.05) is 0 Å². The Morgan fingerprint density at radius 2 is 2.04 bits per heavy atom. The molecule has 2 aliphatic heterocycles. The first-order valence-electron chi connectivity index (χ1n) is 7.96. The highest BCUT2D eigenvalue weighted by molar-refractivity contribution is 8.14. The average Bonchev–Trinajstić information content (AvgIpc) is 3.00. The van der Waals surface area contributed by atoms with Crippen molar-refractivity contribution in [1.82, 2.24) is 9.80 Å². The summed E-state index contributed by atoms with van der Waals surface area (Å²) in [6.45, 7) is 7.18. The highest BCUT2D eigenvalue weighted by atomic mass is 32.2. The highest BCUT2D eigenvalue weighted by Gasteiger charge is 2.30. The molecule has 0 saturated carbocycles. The molecule has 1 atom stereocenters. The molecule has 2 aliphatic rings. The number of nitrogens with zero attached hydrogens (tertiary/aromatic N) is 4. The highest BCUT2D eigenvalue weighted by Crippen LogP contribution is 2.26. The molecule has 0 aromatic heterocycles. The summed E-state index contributed by atoms with van der Waals surface area (Å²) < 4.78 is 0. The molecule has 1 fully saturated rings. The number of piperazine rings is 1. The molecule has 0 radical (unpaired) electrons. The number of rotatable bonds is 2. The van der Waals surface area contributed by atoms with Crippen molar-refractivity contribution < 1.29 is 9.72 Å². The van der Waals surface area contributed by atoms with Gasteiger partial charge in [-0.05, 0) is 13.0 Å². The predicted molar refractivity (Wildman–Crippen MR) is 94.7 cm³/mol. The van der Waals surface area contributed by atoms with Crippen molar-refractivity contribution in [3.8, 4) is 0 Å². The first-order valence-corrected chi connectivity index (χ1v) is 8.84. The molecule has 0 unspecified atom stereocenters. The van der Waals surface area contributed by atoms with Crippen molar-refractivity contribution in [2.24, 2.45) is 4.99 Å². The topological polar surface area (TPSA) is 79.0 Å². The van der Waals surface area contributed by atoms with Gasteiger partial charge in [-0.3, -0.25) is 19.9 Å². The van der Waals surface area contributed by atoms with Gasteiger partial charge in [0.1, 0.15) is 5.56 Å². The van der Waals surface area contributed by atoms with Crippen LogP contribution in [0, 0.1) is 17.0 Å². The predicted octanol–water partition coefficient (Wildman–Crippen LogP) is 2.15. The second-order valence-electron chi connectivity index (χ2n) is 6.06. The Kier molecular flexibility index (Phi) is 4.75. The zero-order valence-electron chi connectivity index (χ0n) is 13.8. The van der Waals surface area contributed by atoms with Gasteiger partial charge in [0.2, 0.25) is 0 Å². The number of aryl methyl sites for hydroxylation is 1. The molecule has 24 heavy (non-hydrogen) atoms. The summed E-state index contributed by atoms with van der Waals surface area (Å²) in [5.74, 6) is -0.264. The van der Waals surface area contributed by atoms with Gasteiger partial charge < -0.3 is 9.80 Å². The molecule has 0 N–H and O–H groups in total. The maximum Gasteiger partial charge on any atom is 0.285 e. The summed E-state index contributed by atoms with van der Waals surface area (Å²) in [6.07, 6.45) is 0. The van der Waals surface area contributed by atoms with Crippen LogP contribution in [-0.4, -0.2) is 63.8 Å². The number of nitro groups is 1. The first kappa shape index (κ1) is 16.8. The van der Waals surface area contributed by atoms with Gasteiger partial charge >= 0.3 is 0 Å². The van der Waals surface area contributed by atoms with Crippen LogP contribution in [-0.2, 0) is 0 Å². The fourth-order valence-corrected chi connectivity index (χ4v) is 3.97. The summed E-state index contributed by atoms with van der Waals surface area (Å²) in [4.78, 5) is 32.0. The van der Waals surface area contributed by atoms with E-state index in [1.165, 1.54) is 0 Å². The normalized spacial score (nSPS) is 20.9. The number of amidine groups is 1. The number of aliphatic imine (C=N–C) groups is 1. The lowest BCUT2D eigenvalue weighted by Gasteiger charge is -2.35. The third-order valence-corrected chi connectivity index (χ3v) is 5.43. The van der Waals surface area contributed by atoms with Gasteiger partial charge in [0.25, 0.3) is 11.6 Å². The number of carbonyl (C=O) groups excluding carboxylic acids is 1.